The van der Waals surface area contributed by atoms with Gasteiger partial charge in [-0.05, 0) is 123 Å². The molecule has 5 aliphatic carbocycles. The van der Waals surface area contributed by atoms with Crippen LogP contribution in [-0.4, -0.2) is 6.29 Å². The third-order valence-corrected chi connectivity index (χ3v) is 10.6. The van der Waals surface area contributed by atoms with Gasteiger partial charge in [0.1, 0.15) is 6.29 Å². The predicted molar refractivity (Wildman–Crippen MR) is 102 cm³/mol. The van der Waals surface area contributed by atoms with E-state index in [0.717, 1.165) is 41.9 Å². The second kappa shape index (κ2) is 5.83. The van der Waals surface area contributed by atoms with Gasteiger partial charge in [0.2, 0.25) is 0 Å². The van der Waals surface area contributed by atoms with Crippen LogP contribution in [0.3, 0.4) is 0 Å². The Balaban J connectivity index is 1.37. The summed E-state index contributed by atoms with van der Waals surface area (Å²) >= 11 is 0. The van der Waals surface area contributed by atoms with E-state index in [1.165, 1.54) is 57.7 Å². The molecule has 5 saturated carbocycles. The fraction of sp³-hybridized carbons (Fsp3) is 0.958. The van der Waals surface area contributed by atoms with E-state index in [1.54, 1.807) is 19.3 Å². The maximum Gasteiger partial charge on any atom is 0.120 e. The Morgan fingerprint density at radius 1 is 0.800 bits per heavy atom. The van der Waals surface area contributed by atoms with Gasteiger partial charge >= 0.3 is 0 Å². The molecular formula is C24H38O. The molecule has 0 aromatic carbocycles. The first kappa shape index (κ1) is 16.8. The lowest BCUT2D eigenvalue weighted by atomic mass is 9.44. The van der Waals surface area contributed by atoms with E-state index < -0.39 is 0 Å². The molecule has 0 aliphatic heterocycles. The number of hydrogen-bond donors (Lipinski definition) is 0. The minimum absolute atomic E-state index is 0.483. The van der Waals surface area contributed by atoms with E-state index >= 15 is 0 Å². The molecule has 0 aromatic rings. The molecule has 0 amide bonds. The topological polar surface area (TPSA) is 17.1 Å². The zero-order chi connectivity index (χ0) is 17.2. The summed E-state index contributed by atoms with van der Waals surface area (Å²) in [6, 6.07) is 0. The molecule has 8 atom stereocenters. The van der Waals surface area contributed by atoms with Crippen molar-refractivity contribution in [2.75, 3.05) is 0 Å². The van der Waals surface area contributed by atoms with E-state index in [1.807, 2.05) is 0 Å². The minimum Gasteiger partial charge on any atom is -0.303 e. The Kier molecular flexibility index (Phi) is 3.92. The zero-order valence-corrected chi connectivity index (χ0v) is 16.5. The predicted octanol–water partition coefficient (Wildman–Crippen LogP) is 6.26. The number of carbonyl (C=O) groups excluding carboxylic acids is 1. The summed E-state index contributed by atoms with van der Waals surface area (Å²) in [6.45, 7) is 5.27. The fourth-order valence-electron chi connectivity index (χ4n) is 8.90. The van der Waals surface area contributed by atoms with E-state index in [2.05, 4.69) is 13.8 Å². The van der Waals surface area contributed by atoms with Crippen LogP contribution in [0.1, 0.15) is 90.9 Å². The van der Waals surface area contributed by atoms with Crippen molar-refractivity contribution < 1.29 is 4.79 Å². The monoisotopic (exact) mass is 342 g/mol. The third-order valence-electron chi connectivity index (χ3n) is 10.6. The van der Waals surface area contributed by atoms with Crippen molar-refractivity contribution in [3.8, 4) is 0 Å². The minimum atomic E-state index is 0.483. The molecule has 0 radical (unpaired) electrons. The Labute approximate surface area is 154 Å². The molecule has 5 rings (SSSR count). The lowest BCUT2D eigenvalue weighted by Crippen LogP contribution is -2.53. The van der Waals surface area contributed by atoms with E-state index in [4.69, 9.17) is 0 Å². The molecule has 0 heterocycles. The van der Waals surface area contributed by atoms with Gasteiger partial charge in [0.15, 0.2) is 0 Å². The highest BCUT2D eigenvalue weighted by molar-refractivity contribution is 5.50. The molecule has 5 aliphatic rings. The van der Waals surface area contributed by atoms with Gasteiger partial charge in [-0.15, -0.1) is 0 Å². The van der Waals surface area contributed by atoms with Gasteiger partial charge in [-0.3, -0.25) is 0 Å². The molecule has 1 nitrogen and oxygen atoms in total. The molecule has 140 valence electrons. The van der Waals surface area contributed by atoms with Crippen LogP contribution in [0.15, 0.2) is 0 Å². The quantitative estimate of drug-likeness (QED) is 0.553. The number of carbonyl (C=O) groups is 1. The summed E-state index contributed by atoms with van der Waals surface area (Å²) < 4.78 is 0. The number of rotatable bonds is 3. The van der Waals surface area contributed by atoms with Crippen molar-refractivity contribution in [1.82, 2.24) is 0 Å². The van der Waals surface area contributed by atoms with Crippen molar-refractivity contribution in [2.45, 2.75) is 90.9 Å². The van der Waals surface area contributed by atoms with Gasteiger partial charge in [-0.25, -0.2) is 0 Å². The van der Waals surface area contributed by atoms with Gasteiger partial charge in [-0.2, -0.15) is 0 Å². The first-order valence-electron chi connectivity index (χ1n) is 11.5. The Bertz CT molecular complexity index is 536. The van der Waals surface area contributed by atoms with E-state index in [9.17, 15) is 4.79 Å². The van der Waals surface area contributed by atoms with Gasteiger partial charge in [0, 0.05) is 6.42 Å². The fourth-order valence-corrected chi connectivity index (χ4v) is 8.90. The normalized spacial score (nSPS) is 55.1. The van der Waals surface area contributed by atoms with Crippen molar-refractivity contribution in [2.24, 2.45) is 52.3 Å². The summed E-state index contributed by atoms with van der Waals surface area (Å²) in [5.74, 6) is 6.84. The maximum atomic E-state index is 11.2. The highest BCUT2D eigenvalue weighted by atomic mass is 16.1. The van der Waals surface area contributed by atoms with Crippen LogP contribution in [-0.2, 0) is 4.79 Å². The highest BCUT2D eigenvalue weighted by Crippen LogP contribution is 2.68. The van der Waals surface area contributed by atoms with Gasteiger partial charge in [-0.1, -0.05) is 13.8 Å². The average molecular weight is 343 g/mol. The molecule has 0 saturated heterocycles. The molecule has 4 unspecified atom stereocenters. The van der Waals surface area contributed by atoms with Gasteiger partial charge < -0.3 is 4.79 Å². The van der Waals surface area contributed by atoms with E-state index in [0.29, 0.717) is 16.7 Å². The second-order valence-electron chi connectivity index (χ2n) is 11.2. The SMILES string of the molecule is C[C@]12CCC3[C@@H](CC[C@@H]4CC(C5CC5)CC[C@]34C)C1CCC2CC=O. The molecule has 25 heavy (non-hydrogen) atoms. The maximum absolute atomic E-state index is 11.2. The summed E-state index contributed by atoms with van der Waals surface area (Å²) in [6.07, 6.45) is 18.4. The summed E-state index contributed by atoms with van der Waals surface area (Å²) in [7, 11) is 0. The number of hydrogen-bond acceptors (Lipinski definition) is 1. The molecule has 0 N–H and O–H groups in total. The Morgan fingerprint density at radius 2 is 1.56 bits per heavy atom. The van der Waals surface area contributed by atoms with Crippen LogP contribution < -0.4 is 0 Å². The largest absolute Gasteiger partial charge is 0.303 e. The van der Waals surface area contributed by atoms with Crippen LogP contribution in [0.5, 0.6) is 0 Å². The molecule has 0 bridgehead atoms. The van der Waals surface area contributed by atoms with Gasteiger partial charge in [0.25, 0.3) is 0 Å². The molecule has 0 aromatic heterocycles. The van der Waals surface area contributed by atoms with Crippen LogP contribution in [0.2, 0.25) is 0 Å². The zero-order valence-electron chi connectivity index (χ0n) is 16.5. The average Bonchev–Trinajstić information content (AvgIpc) is 3.39. The molecule has 1 heteroatoms. The lowest BCUT2D eigenvalue weighted by Gasteiger charge is -2.61. The third kappa shape index (κ3) is 2.43. The summed E-state index contributed by atoms with van der Waals surface area (Å²) in [5, 5.41) is 0. The summed E-state index contributed by atoms with van der Waals surface area (Å²) in [5.41, 5.74) is 1.13. The van der Waals surface area contributed by atoms with Crippen molar-refractivity contribution in [1.29, 1.82) is 0 Å². The molecule has 5 fully saturated rings. The number of fused-ring (bicyclic) bond motifs is 5. The summed E-state index contributed by atoms with van der Waals surface area (Å²) in [4.78, 5) is 11.2. The van der Waals surface area contributed by atoms with Crippen LogP contribution in [0.25, 0.3) is 0 Å². The van der Waals surface area contributed by atoms with E-state index in [-0.39, 0.29) is 0 Å². The van der Waals surface area contributed by atoms with Crippen LogP contribution >= 0.6 is 0 Å². The highest BCUT2D eigenvalue weighted by Gasteiger charge is 2.60. The Morgan fingerprint density at radius 3 is 2.32 bits per heavy atom. The lowest BCUT2D eigenvalue weighted by molar-refractivity contribution is -0.123. The van der Waals surface area contributed by atoms with Crippen molar-refractivity contribution >= 4 is 6.29 Å². The van der Waals surface area contributed by atoms with Crippen molar-refractivity contribution in [3.63, 3.8) is 0 Å². The standard InChI is InChI=1S/C24H38O/c1-23-13-10-22-20(21(23)8-6-18(23)11-14-25)7-5-19-15-17(16-3-4-16)9-12-24(19,22)2/h14,16-22H,3-13,15H2,1-2H3/t17?,18?,19-,20+,21?,22?,23-,24+/m1/s1. The van der Waals surface area contributed by atoms with Crippen LogP contribution in [0, 0.1) is 52.3 Å². The number of aldehydes is 1. The first-order valence-corrected chi connectivity index (χ1v) is 11.5. The van der Waals surface area contributed by atoms with Crippen LogP contribution in [0.4, 0.5) is 0 Å². The molecule has 0 spiro atoms. The molecular weight excluding hydrogens is 304 g/mol. The first-order chi connectivity index (χ1) is 12.1. The van der Waals surface area contributed by atoms with Crippen molar-refractivity contribution in [3.05, 3.63) is 0 Å². The van der Waals surface area contributed by atoms with Gasteiger partial charge in [0.05, 0.1) is 0 Å². The second-order valence-corrected chi connectivity index (χ2v) is 11.2. The smallest absolute Gasteiger partial charge is 0.120 e. The Hall–Kier alpha value is -0.330.